The summed E-state index contributed by atoms with van der Waals surface area (Å²) in [7, 11) is 0. The first-order valence-corrected chi connectivity index (χ1v) is 4.76. The largest absolute Gasteiger partial charge is 0.350 e. The van der Waals surface area contributed by atoms with Gasteiger partial charge in [-0.15, -0.1) is 0 Å². The Morgan fingerprint density at radius 2 is 2.25 bits per heavy atom. The maximum Gasteiger partial charge on any atom is 0.328 e. The average Bonchev–Trinajstić information content (AvgIpc) is 2.19. The van der Waals surface area contributed by atoms with Crippen molar-refractivity contribution in [1.82, 2.24) is 14.9 Å². The molecule has 1 heterocycles. The number of hydrogen-bond acceptors (Lipinski definition) is 3. The van der Waals surface area contributed by atoms with Crippen LogP contribution in [0.5, 0.6) is 0 Å². The second-order valence-corrected chi connectivity index (χ2v) is 3.57. The van der Waals surface area contributed by atoms with Gasteiger partial charge in [-0.25, -0.2) is 4.79 Å². The van der Waals surface area contributed by atoms with Crippen LogP contribution in [0, 0.1) is 0 Å². The van der Waals surface area contributed by atoms with E-state index >= 15 is 0 Å². The van der Waals surface area contributed by atoms with E-state index in [1.807, 2.05) is 4.98 Å². The number of H-pyrrole nitrogens is 1. The number of amides is 1. The molecule has 0 unspecified atom stereocenters. The first-order valence-electron chi connectivity index (χ1n) is 4.39. The van der Waals surface area contributed by atoms with Crippen LogP contribution in [0.1, 0.15) is 0 Å². The predicted molar refractivity (Wildman–Crippen MR) is 59.3 cm³/mol. The van der Waals surface area contributed by atoms with Gasteiger partial charge in [0.25, 0.3) is 5.56 Å². The lowest BCUT2D eigenvalue weighted by Crippen LogP contribution is -2.35. The van der Waals surface area contributed by atoms with E-state index in [-0.39, 0.29) is 13.1 Å². The Hall–Kier alpha value is -1.82. The van der Waals surface area contributed by atoms with Crippen LogP contribution < -0.4 is 16.6 Å². The molecule has 0 aliphatic carbocycles. The van der Waals surface area contributed by atoms with Crippen LogP contribution in [0.15, 0.2) is 33.5 Å². The second kappa shape index (κ2) is 5.32. The summed E-state index contributed by atoms with van der Waals surface area (Å²) in [5.41, 5.74) is -1.14. The number of halogens is 1. The van der Waals surface area contributed by atoms with Crippen LogP contribution >= 0.6 is 11.6 Å². The minimum absolute atomic E-state index is 0.137. The minimum Gasteiger partial charge on any atom is -0.350 e. The summed E-state index contributed by atoms with van der Waals surface area (Å²) in [6.07, 6.45) is 1.25. The van der Waals surface area contributed by atoms with E-state index in [0.717, 1.165) is 10.6 Å². The summed E-state index contributed by atoms with van der Waals surface area (Å²) < 4.78 is 1.08. The Kier molecular flexibility index (Phi) is 4.07. The molecule has 86 valence electrons. The van der Waals surface area contributed by atoms with Crippen LogP contribution in [-0.4, -0.2) is 22.0 Å². The summed E-state index contributed by atoms with van der Waals surface area (Å²) >= 11 is 5.45. The van der Waals surface area contributed by atoms with Crippen LogP contribution in [-0.2, 0) is 11.3 Å². The maximum absolute atomic E-state index is 11.3. The first kappa shape index (κ1) is 12.3. The minimum atomic E-state index is -0.632. The Balaban J connectivity index is 2.66. The van der Waals surface area contributed by atoms with E-state index < -0.39 is 17.2 Å². The molecule has 1 aromatic heterocycles. The molecule has 0 bridgehead atoms. The van der Waals surface area contributed by atoms with Gasteiger partial charge in [-0.05, 0) is 0 Å². The van der Waals surface area contributed by atoms with Crippen molar-refractivity contribution in [2.45, 2.75) is 6.54 Å². The fourth-order valence-corrected chi connectivity index (χ4v) is 1.04. The van der Waals surface area contributed by atoms with Gasteiger partial charge in [0, 0.05) is 17.3 Å². The molecule has 0 aliphatic rings. The molecule has 7 heteroatoms. The fraction of sp³-hybridized carbons (Fsp3) is 0.222. The zero-order valence-electron chi connectivity index (χ0n) is 8.33. The molecule has 1 rings (SSSR count). The highest BCUT2D eigenvalue weighted by Gasteiger charge is 2.04. The van der Waals surface area contributed by atoms with E-state index in [1.165, 1.54) is 6.20 Å². The zero-order chi connectivity index (χ0) is 12.1. The Morgan fingerprint density at radius 3 is 2.81 bits per heavy atom. The summed E-state index contributed by atoms with van der Waals surface area (Å²) in [6.45, 7) is 3.35. The van der Waals surface area contributed by atoms with E-state index in [4.69, 9.17) is 11.6 Å². The van der Waals surface area contributed by atoms with Gasteiger partial charge in [-0.1, -0.05) is 18.2 Å². The van der Waals surface area contributed by atoms with Crippen molar-refractivity contribution in [3.63, 3.8) is 0 Å². The Labute approximate surface area is 95.6 Å². The highest BCUT2D eigenvalue weighted by atomic mass is 35.5. The molecule has 0 aromatic carbocycles. The normalized spacial score (nSPS) is 9.81. The molecular weight excluding hydrogens is 234 g/mol. The van der Waals surface area contributed by atoms with Crippen molar-refractivity contribution in [2.24, 2.45) is 0 Å². The molecule has 6 nitrogen and oxygen atoms in total. The van der Waals surface area contributed by atoms with Gasteiger partial charge in [0.2, 0.25) is 5.91 Å². The van der Waals surface area contributed by atoms with Crippen LogP contribution in [0.4, 0.5) is 0 Å². The van der Waals surface area contributed by atoms with Gasteiger partial charge >= 0.3 is 5.69 Å². The summed E-state index contributed by atoms with van der Waals surface area (Å²) in [4.78, 5) is 35.3. The number of nitrogens with zero attached hydrogens (tertiary/aromatic N) is 1. The number of nitrogens with one attached hydrogen (secondary N) is 2. The van der Waals surface area contributed by atoms with Gasteiger partial charge in [0.15, 0.2) is 0 Å². The maximum atomic E-state index is 11.3. The number of aromatic nitrogens is 2. The third-order valence-corrected chi connectivity index (χ3v) is 1.82. The molecule has 16 heavy (non-hydrogen) atoms. The molecule has 0 spiro atoms. The van der Waals surface area contributed by atoms with Crippen molar-refractivity contribution in [3.8, 4) is 0 Å². The SMILES string of the molecule is C=C(Cl)CNC(=O)Cn1ccc(=O)[nH]c1=O. The molecule has 0 saturated heterocycles. The van der Waals surface area contributed by atoms with Gasteiger partial charge in [0.05, 0.1) is 6.54 Å². The summed E-state index contributed by atoms with van der Waals surface area (Å²) in [5, 5.41) is 2.74. The predicted octanol–water partition coefficient (Wildman–Crippen LogP) is -0.595. The molecule has 0 aliphatic heterocycles. The fourth-order valence-electron chi connectivity index (χ4n) is 0.974. The monoisotopic (exact) mass is 243 g/mol. The topological polar surface area (TPSA) is 84.0 Å². The van der Waals surface area contributed by atoms with Crippen LogP contribution in [0.3, 0.4) is 0 Å². The van der Waals surface area contributed by atoms with Crippen LogP contribution in [0.2, 0.25) is 0 Å². The van der Waals surface area contributed by atoms with Crippen molar-refractivity contribution in [3.05, 3.63) is 44.7 Å². The van der Waals surface area contributed by atoms with Gasteiger partial charge in [-0.3, -0.25) is 19.1 Å². The van der Waals surface area contributed by atoms with Crippen molar-refractivity contribution < 1.29 is 4.79 Å². The molecule has 1 aromatic rings. The van der Waals surface area contributed by atoms with Gasteiger partial charge < -0.3 is 5.32 Å². The lowest BCUT2D eigenvalue weighted by atomic mass is 10.5. The number of hydrogen-bond donors (Lipinski definition) is 2. The van der Waals surface area contributed by atoms with E-state index in [1.54, 1.807) is 0 Å². The van der Waals surface area contributed by atoms with Crippen molar-refractivity contribution >= 4 is 17.5 Å². The molecule has 0 atom stereocenters. The molecule has 1 amide bonds. The zero-order valence-corrected chi connectivity index (χ0v) is 9.08. The third kappa shape index (κ3) is 3.74. The van der Waals surface area contributed by atoms with Gasteiger partial charge in [-0.2, -0.15) is 0 Å². The first-order chi connectivity index (χ1) is 7.49. The molecule has 0 saturated carbocycles. The van der Waals surface area contributed by atoms with E-state index in [0.29, 0.717) is 5.03 Å². The number of carbonyl (C=O) groups is 1. The standard InChI is InChI=1S/C9H10ClN3O3/c1-6(10)4-11-8(15)5-13-3-2-7(14)12-9(13)16/h2-3H,1,4-5H2,(H,11,15)(H,12,14,16). The Bertz CT molecular complexity index is 517. The summed E-state index contributed by atoms with van der Waals surface area (Å²) in [5.74, 6) is -0.393. The Morgan fingerprint density at radius 1 is 1.56 bits per heavy atom. The van der Waals surface area contributed by atoms with Crippen LogP contribution in [0.25, 0.3) is 0 Å². The van der Waals surface area contributed by atoms with Crippen molar-refractivity contribution in [1.29, 1.82) is 0 Å². The molecule has 0 radical (unpaired) electrons. The quantitative estimate of drug-likeness (QED) is 0.741. The smallest absolute Gasteiger partial charge is 0.328 e. The second-order valence-electron chi connectivity index (χ2n) is 3.03. The molecular formula is C9H10ClN3O3. The number of carbonyl (C=O) groups excluding carboxylic acids is 1. The highest BCUT2D eigenvalue weighted by Crippen LogP contribution is 1.92. The van der Waals surface area contributed by atoms with Crippen molar-refractivity contribution in [2.75, 3.05) is 6.54 Å². The van der Waals surface area contributed by atoms with E-state index in [2.05, 4.69) is 11.9 Å². The summed E-state index contributed by atoms with van der Waals surface area (Å²) in [6, 6.07) is 1.16. The van der Waals surface area contributed by atoms with E-state index in [9.17, 15) is 14.4 Å². The average molecular weight is 244 g/mol. The highest BCUT2D eigenvalue weighted by molar-refractivity contribution is 6.29. The third-order valence-electron chi connectivity index (χ3n) is 1.69. The number of rotatable bonds is 4. The lowest BCUT2D eigenvalue weighted by Gasteiger charge is -2.05. The molecule has 2 N–H and O–H groups in total. The van der Waals surface area contributed by atoms with Gasteiger partial charge in [0.1, 0.15) is 6.54 Å². The number of aromatic amines is 1. The lowest BCUT2D eigenvalue weighted by molar-refractivity contribution is -0.121. The molecule has 0 fully saturated rings.